The van der Waals surface area contributed by atoms with Crippen LogP contribution in [0, 0.1) is 12.7 Å². The van der Waals surface area contributed by atoms with Crippen LogP contribution < -0.4 is 10.1 Å². The normalized spacial score (nSPS) is 19.3. The van der Waals surface area contributed by atoms with Gasteiger partial charge >= 0.3 is 0 Å². The monoisotopic (exact) mass is 398 g/mol. The van der Waals surface area contributed by atoms with Crippen molar-refractivity contribution in [3.05, 3.63) is 47.5 Å². The molecule has 1 amide bonds. The molecule has 1 aromatic carbocycles. The number of nitrogens with one attached hydrogen (secondary N) is 1. The van der Waals surface area contributed by atoms with Gasteiger partial charge in [-0.3, -0.25) is 4.79 Å². The predicted molar refractivity (Wildman–Crippen MR) is 106 cm³/mol. The van der Waals surface area contributed by atoms with Crippen molar-refractivity contribution in [2.75, 3.05) is 7.11 Å². The van der Waals surface area contributed by atoms with Gasteiger partial charge in [-0.25, -0.2) is 14.1 Å². The number of hydrogen-bond acceptors (Lipinski definition) is 5. The molecular formula is C21H23FN4O3. The molecule has 7 nitrogen and oxygen atoms in total. The summed E-state index contributed by atoms with van der Waals surface area (Å²) in [6, 6.07) is 6.61. The van der Waals surface area contributed by atoms with E-state index >= 15 is 0 Å². The van der Waals surface area contributed by atoms with Crippen LogP contribution in [0.4, 0.5) is 4.39 Å². The van der Waals surface area contributed by atoms with Crippen molar-refractivity contribution >= 4 is 16.8 Å². The molecule has 0 spiro atoms. The van der Waals surface area contributed by atoms with Crippen molar-refractivity contribution in [3.8, 4) is 11.6 Å². The first kappa shape index (κ1) is 19.3. The van der Waals surface area contributed by atoms with Crippen LogP contribution in [0.3, 0.4) is 0 Å². The number of aryl methyl sites for hydroxylation is 1. The minimum absolute atomic E-state index is 0.0150. The highest BCUT2D eigenvalue weighted by molar-refractivity contribution is 5.94. The molecule has 0 bridgehead atoms. The van der Waals surface area contributed by atoms with Crippen LogP contribution in [0.25, 0.3) is 16.7 Å². The molecule has 2 heterocycles. The third-order valence-electron chi connectivity index (χ3n) is 5.38. The summed E-state index contributed by atoms with van der Waals surface area (Å²) in [7, 11) is 1.57. The number of fused-ring (bicyclic) bond motifs is 1. The Morgan fingerprint density at radius 2 is 2.07 bits per heavy atom. The molecule has 0 saturated heterocycles. The lowest BCUT2D eigenvalue weighted by Gasteiger charge is -2.26. The lowest BCUT2D eigenvalue weighted by atomic mass is 9.93. The number of benzene rings is 1. The number of aliphatic hydroxyl groups is 1. The number of pyridine rings is 1. The van der Waals surface area contributed by atoms with Gasteiger partial charge < -0.3 is 15.2 Å². The quantitative estimate of drug-likeness (QED) is 0.705. The minimum Gasteiger partial charge on any atom is -0.496 e. The summed E-state index contributed by atoms with van der Waals surface area (Å²) in [6.07, 6.45) is 3.79. The molecule has 4 rings (SSSR count). The Morgan fingerprint density at radius 3 is 2.76 bits per heavy atom. The van der Waals surface area contributed by atoms with Gasteiger partial charge in [0.1, 0.15) is 5.75 Å². The van der Waals surface area contributed by atoms with E-state index in [-0.39, 0.29) is 29.4 Å². The third-order valence-corrected chi connectivity index (χ3v) is 5.38. The average Bonchev–Trinajstić information content (AvgIpc) is 3.06. The Balaban J connectivity index is 1.61. The van der Waals surface area contributed by atoms with E-state index in [0.717, 1.165) is 5.39 Å². The maximum atomic E-state index is 14.9. The third kappa shape index (κ3) is 3.67. The van der Waals surface area contributed by atoms with Crippen LogP contribution in [0.5, 0.6) is 5.75 Å². The molecule has 1 aliphatic rings. The number of rotatable bonds is 4. The van der Waals surface area contributed by atoms with E-state index in [0.29, 0.717) is 42.6 Å². The highest BCUT2D eigenvalue weighted by Crippen LogP contribution is 2.30. The number of ether oxygens (including phenoxy) is 1. The van der Waals surface area contributed by atoms with E-state index in [1.165, 1.54) is 16.9 Å². The number of nitrogens with zero attached hydrogens (tertiary/aromatic N) is 3. The molecule has 1 saturated carbocycles. The maximum Gasteiger partial charge on any atom is 0.253 e. The number of amides is 1. The number of carbonyl (C=O) groups is 1. The van der Waals surface area contributed by atoms with Gasteiger partial charge in [0.25, 0.3) is 5.91 Å². The van der Waals surface area contributed by atoms with Gasteiger partial charge in [0, 0.05) is 12.2 Å². The van der Waals surface area contributed by atoms with Crippen molar-refractivity contribution < 1.29 is 19.0 Å². The molecule has 2 aromatic heterocycles. The molecule has 1 fully saturated rings. The van der Waals surface area contributed by atoms with E-state index in [1.54, 1.807) is 13.2 Å². The molecule has 0 radical (unpaired) electrons. The minimum atomic E-state index is -0.635. The van der Waals surface area contributed by atoms with Gasteiger partial charge in [0.05, 0.1) is 35.4 Å². The van der Waals surface area contributed by atoms with E-state index in [2.05, 4.69) is 15.4 Å². The second kappa shape index (κ2) is 7.79. The fourth-order valence-corrected chi connectivity index (χ4v) is 3.84. The first-order chi connectivity index (χ1) is 14.0. The van der Waals surface area contributed by atoms with Crippen LogP contribution >= 0.6 is 0 Å². The highest BCUT2D eigenvalue weighted by atomic mass is 19.1. The van der Waals surface area contributed by atoms with Crippen molar-refractivity contribution in [2.45, 2.75) is 44.8 Å². The van der Waals surface area contributed by atoms with Crippen LogP contribution in [0.2, 0.25) is 0 Å². The lowest BCUT2D eigenvalue weighted by molar-refractivity contribution is 0.0867. The van der Waals surface area contributed by atoms with E-state index in [9.17, 15) is 14.3 Å². The highest BCUT2D eigenvalue weighted by Gasteiger charge is 2.23. The van der Waals surface area contributed by atoms with E-state index in [1.807, 2.05) is 19.1 Å². The molecule has 8 heteroatoms. The van der Waals surface area contributed by atoms with Gasteiger partial charge in [0.2, 0.25) is 0 Å². The van der Waals surface area contributed by atoms with Crippen LogP contribution in [-0.4, -0.2) is 45.0 Å². The van der Waals surface area contributed by atoms with E-state index < -0.39 is 5.82 Å². The maximum absolute atomic E-state index is 14.9. The Morgan fingerprint density at radius 1 is 1.31 bits per heavy atom. The fraction of sp³-hybridized carbons (Fsp3) is 0.381. The van der Waals surface area contributed by atoms with Crippen LogP contribution in [0.1, 0.15) is 41.7 Å². The standard InChI is InChI=1S/C21H23FN4O3/c1-12-19-17(4-3-5-18(19)29-2)26(25-12)20-16(22)10-13(11-23-20)21(28)24-14-6-8-15(27)9-7-14/h3-5,10-11,14-15,27H,6-9H2,1-2H3,(H,24,28). The second-order valence-electron chi connectivity index (χ2n) is 7.36. The van der Waals surface area contributed by atoms with Gasteiger partial charge in [-0.2, -0.15) is 5.10 Å². The number of aromatic nitrogens is 3. The summed E-state index contributed by atoms with van der Waals surface area (Å²) in [6.45, 7) is 1.82. The van der Waals surface area contributed by atoms with Gasteiger partial charge in [-0.1, -0.05) is 6.07 Å². The fourth-order valence-electron chi connectivity index (χ4n) is 3.84. The average molecular weight is 398 g/mol. The summed E-state index contributed by atoms with van der Waals surface area (Å²) in [5.74, 6) is -0.328. The zero-order valence-corrected chi connectivity index (χ0v) is 16.4. The molecule has 29 heavy (non-hydrogen) atoms. The number of aliphatic hydroxyl groups excluding tert-OH is 1. The zero-order chi connectivity index (χ0) is 20.5. The topological polar surface area (TPSA) is 89.3 Å². The molecule has 0 unspecified atom stereocenters. The second-order valence-corrected chi connectivity index (χ2v) is 7.36. The molecule has 0 atom stereocenters. The van der Waals surface area contributed by atoms with Crippen LogP contribution in [-0.2, 0) is 0 Å². The first-order valence-corrected chi connectivity index (χ1v) is 9.65. The van der Waals surface area contributed by atoms with Crippen molar-refractivity contribution in [1.29, 1.82) is 0 Å². The zero-order valence-electron chi connectivity index (χ0n) is 16.4. The predicted octanol–water partition coefficient (Wildman–Crippen LogP) is 2.91. The van der Waals surface area contributed by atoms with Gasteiger partial charge in [-0.05, 0) is 50.8 Å². The first-order valence-electron chi connectivity index (χ1n) is 9.65. The van der Waals surface area contributed by atoms with Gasteiger partial charge in [0.15, 0.2) is 11.6 Å². The summed E-state index contributed by atoms with van der Waals surface area (Å²) in [5, 5.41) is 17.7. The largest absolute Gasteiger partial charge is 0.496 e. The Labute approximate surface area is 167 Å². The Bertz CT molecular complexity index is 1060. The molecule has 0 aliphatic heterocycles. The van der Waals surface area contributed by atoms with Crippen molar-refractivity contribution in [3.63, 3.8) is 0 Å². The molecule has 2 N–H and O–H groups in total. The summed E-state index contributed by atoms with van der Waals surface area (Å²) in [4.78, 5) is 16.7. The Hall–Kier alpha value is -3.00. The SMILES string of the molecule is COc1cccc2c1c(C)nn2-c1ncc(C(=O)NC2CCC(O)CC2)cc1F. The number of hydrogen-bond donors (Lipinski definition) is 2. The van der Waals surface area contributed by atoms with Crippen LogP contribution in [0.15, 0.2) is 30.5 Å². The number of methoxy groups -OCH3 is 1. The smallest absolute Gasteiger partial charge is 0.253 e. The number of halogens is 1. The number of carbonyl (C=O) groups excluding carboxylic acids is 1. The molecule has 1 aliphatic carbocycles. The summed E-state index contributed by atoms with van der Waals surface area (Å²) < 4.78 is 21.7. The summed E-state index contributed by atoms with van der Waals surface area (Å²) >= 11 is 0. The van der Waals surface area contributed by atoms with Gasteiger partial charge in [-0.15, -0.1) is 0 Å². The van der Waals surface area contributed by atoms with Crippen molar-refractivity contribution in [1.82, 2.24) is 20.1 Å². The van der Waals surface area contributed by atoms with E-state index in [4.69, 9.17) is 4.74 Å². The summed E-state index contributed by atoms with van der Waals surface area (Å²) in [5.41, 5.74) is 1.52. The van der Waals surface area contributed by atoms with Crippen molar-refractivity contribution in [2.24, 2.45) is 0 Å². The molecule has 3 aromatic rings. The molecular weight excluding hydrogens is 375 g/mol. The lowest BCUT2D eigenvalue weighted by Crippen LogP contribution is -2.38. The molecule has 152 valence electrons. The Kier molecular flexibility index (Phi) is 5.19.